The van der Waals surface area contributed by atoms with Crippen molar-refractivity contribution in [2.45, 2.75) is 18.7 Å². The van der Waals surface area contributed by atoms with Gasteiger partial charge in [0, 0.05) is 5.56 Å². The number of para-hydroxylation sites is 1. The number of nitrogens with one attached hydrogen (secondary N) is 1. The van der Waals surface area contributed by atoms with E-state index in [1.54, 1.807) is 61.5 Å². The summed E-state index contributed by atoms with van der Waals surface area (Å²) in [5.74, 6) is -0.333. The van der Waals surface area contributed by atoms with Gasteiger partial charge in [0.1, 0.15) is 18.0 Å². The summed E-state index contributed by atoms with van der Waals surface area (Å²) in [6.45, 7) is 2.91. The number of hydrazone groups is 1. The van der Waals surface area contributed by atoms with Gasteiger partial charge in [0.15, 0.2) is 0 Å². The Morgan fingerprint density at radius 2 is 1.73 bits per heavy atom. The van der Waals surface area contributed by atoms with Crippen LogP contribution < -0.4 is 14.5 Å². The van der Waals surface area contributed by atoms with Crippen LogP contribution in [0.3, 0.4) is 0 Å². The highest BCUT2D eigenvalue weighted by Crippen LogP contribution is 2.33. The molecule has 0 spiro atoms. The van der Waals surface area contributed by atoms with Gasteiger partial charge in [-0.1, -0.05) is 36.4 Å². The van der Waals surface area contributed by atoms with Crippen molar-refractivity contribution in [1.82, 2.24) is 5.43 Å². The first-order valence-electron chi connectivity index (χ1n) is 10.1. The molecule has 33 heavy (non-hydrogen) atoms. The maximum absolute atomic E-state index is 13.5. The molecule has 0 aliphatic heterocycles. The Morgan fingerprint density at radius 3 is 2.39 bits per heavy atom. The predicted octanol–water partition coefficient (Wildman–Crippen LogP) is 3.44. The average molecular weight is 468 g/mol. The first-order valence-corrected chi connectivity index (χ1v) is 11.5. The summed E-state index contributed by atoms with van der Waals surface area (Å²) in [5.41, 5.74) is 4.23. The second-order valence-electron chi connectivity index (χ2n) is 7.25. The second kappa shape index (κ2) is 10.2. The van der Waals surface area contributed by atoms with Crippen LogP contribution in [0.2, 0.25) is 0 Å². The maximum Gasteiger partial charge on any atom is 0.264 e. The van der Waals surface area contributed by atoms with Crippen molar-refractivity contribution in [2.75, 3.05) is 18.0 Å². The smallest absolute Gasteiger partial charge is 0.264 e. The summed E-state index contributed by atoms with van der Waals surface area (Å²) in [6, 6.07) is 19.5. The Morgan fingerprint density at radius 1 is 1.06 bits per heavy atom. The summed E-state index contributed by atoms with van der Waals surface area (Å²) < 4.78 is 33.3. The highest BCUT2D eigenvalue weighted by atomic mass is 32.2. The Balaban J connectivity index is 1.95. The molecule has 0 aliphatic rings. The molecule has 0 aliphatic carbocycles. The normalized spacial score (nSPS) is 11.7. The molecule has 0 aromatic heterocycles. The van der Waals surface area contributed by atoms with E-state index in [1.807, 2.05) is 6.92 Å². The molecule has 0 saturated heterocycles. The van der Waals surface area contributed by atoms with Gasteiger partial charge in [-0.25, -0.2) is 13.8 Å². The maximum atomic E-state index is 13.5. The largest absolute Gasteiger partial charge is 0.507 e. The van der Waals surface area contributed by atoms with Gasteiger partial charge in [0.25, 0.3) is 15.9 Å². The molecule has 0 heterocycles. The quantitative estimate of drug-likeness (QED) is 0.390. The van der Waals surface area contributed by atoms with Gasteiger partial charge < -0.3 is 9.84 Å². The number of carbonyl (C=O) groups is 1. The van der Waals surface area contributed by atoms with E-state index in [1.165, 1.54) is 25.3 Å². The molecule has 3 rings (SSSR count). The van der Waals surface area contributed by atoms with Gasteiger partial charge in [-0.05, 0) is 55.8 Å². The topological polar surface area (TPSA) is 108 Å². The van der Waals surface area contributed by atoms with Crippen LogP contribution in [0, 0.1) is 6.92 Å². The van der Waals surface area contributed by atoms with Gasteiger partial charge >= 0.3 is 0 Å². The Bertz CT molecular complexity index is 1270. The lowest BCUT2D eigenvalue weighted by atomic mass is 10.1. The number of rotatable bonds is 8. The number of amides is 1. The number of ether oxygens (including phenoxy) is 1. The van der Waals surface area contributed by atoms with Crippen molar-refractivity contribution in [3.63, 3.8) is 0 Å². The fourth-order valence-corrected chi connectivity index (χ4v) is 4.61. The predicted molar refractivity (Wildman–Crippen MR) is 127 cm³/mol. The fraction of sp³-hybridized carbons (Fsp3) is 0.167. The van der Waals surface area contributed by atoms with E-state index >= 15 is 0 Å². The van der Waals surface area contributed by atoms with Gasteiger partial charge in [0.05, 0.1) is 23.4 Å². The minimum atomic E-state index is -4.09. The zero-order chi connectivity index (χ0) is 24.0. The van der Waals surface area contributed by atoms with Gasteiger partial charge in [0.2, 0.25) is 0 Å². The van der Waals surface area contributed by atoms with E-state index in [0.29, 0.717) is 17.0 Å². The third-order valence-corrected chi connectivity index (χ3v) is 6.64. The Labute approximate surface area is 193 Å². The molecule has 0 fully saturated rings. The van der Waals surface area contributed by atoms with Crippen LogP contribution in [0.15, 0.2) is 82.8 Å². The van der Waals surface area contributed by atoms with Crippen LogP contribution in [0.25, 0.3) is 0 Å². The first kappa shape index (κ1) is 23.8. The van der Waals surface area contributed by atoms with Crippen molar-refractivity contribution in [3.8, 4) is 11.5 Å². The number of hydrogen-bond donors (Lipinski definition) is 2. The molecule has 0 radical (unpaired) electrons. The highest BCUT2D eigenvalue weighted by molar-refractivity contribution is 7.92. The minimum absolute atomic E-state index is 0.0192. The lowest BCUT2D eigenvalue weighted by molar-refractivity contribution is -0.119. The average Bonchev–Trinajstić information content (AvgIpc) is 2.81. The molecule has 2 N–H and O–H groups in total. The molecule has 0 atom stereocenters. The first-order chi connectivity index (χ1) is 15.7. The number of phenolic OH excluding ortho intramolecular Hbond substituents is 1. The highest BCUT2D eigenvalue weighted by Gasteiger charge is 2.29. The molecule has 3 aromatic carbocycles. The van der Waals surface area contributed by atoms with Crippen molar-refractivity contribution in [2.24, 2.45) is 5.10 Å². The molecule has 3 aromatic rings. The van der Waals surface area contributed by atoms with E-state index < -0.39 is 22.5 Å². The van der Waals surface area contributed by atoms with Crippen molar-refractivity contribution in [1.29, 1.82) is 0 Å². The number of phenols is 1. The fourth-order valence-electron chi connectivity index (χ4n) is 3.17. The Hall–Kier alpha value is -3.85. The van der Waals surface area contributed by atoms with Gasteiger partial charge in [-0.2, -0.15) is 5.10 Å². The van der Waals surface area contributed by atoms with Gasteiger partial charge in [-0.15, -0.1) is 0 Å². The van der Waals surface area contributed by atoms with E-state index in [-0.39, 0.29) is 16.3 Å². The van der Waals surface area contributed by atoms with Crippen molar-refractivity contribution in [3.05, 3.63) is 83.9 Å². The molecule has 9 heteroatoms. The summed E-state index contributed by atoms with van der Waals surface area (Å²) >= 11 is 0. The zero-order valence-corrected chi connectivity index (χ0v) is 19.3. The van der Waals surface area contributed by atoms with Crippen LogP contribution in [0.1, 0.15) is 18.1 Å². The van der Waals surface area contributed by atoms with Crippen LogP contribution in [-0.2, 0) is 14.8 Å². The minimum Gasteiger partial charge on any atom is -0.507 e. The number of methoxy groups -OCH3 is 1. The summed E-state index contributed by atoms with van der Waals surface area (Å²) in [6.07, 6.45) is 0. The van der Waals surface area contributed by atoms with Crippen LogP contribution in [-0.4, -0.2) is 38.8 Å². The summed E-state index contributed by atoms with van der Waals surface area (Å²) in [5, 5.41) is 14.0. The number of benzene rings is 3. The number of aryl methyl sites for hydroxylation is 1. The number of anilines is 1. The molecular weight excluding hydrogens is 442 g/mol. The van der Waals surface area contributed by atoms with Crippen LogP contribution in [0.4, 0.5) is 5.69 Å². The standard InChI is InChI=1S/C24H25N3O5S/c1-17-13-14-23(32-3)21(15-17)27(33(30,31)19-9-5-4-6-10-19)16-24(29)26-25-18(2)20-11-7-8-12-22(20)28/h4-15,28H,16H2,1-3H3,(H,26,29)/b25-18+. The molecule has 0 bridgehead atoms. The number of carbonyl (C=O) groups excluding carboxylic acids is 1. The molecule has 0 unspecified atom stereocenters. The summed E-state index contributed by atoms with van der Waals surface area (Å²) in [4.78, 5) is 12.8. The van der Waals surface area contributed by atoms with Crippen LogP contribution in [0.5, 0.6) is 11.5 Å². The lowest BCUT2D eigenvalue weighted by Gasteiger charge is -2.25. The molecule has 0 saturated carbocycles. The lowest BCUT2D eigenvalue weighted by Crippen LogP contribution is -2.40. The molecule has 172 valence electrons. The van der Waals surface area contributed by atoms with Crippen molar-refractivity contribution < 1.29 is 23.1 Å². The number of nitrogens with zero attached hydrogens (tertiary/aromatic N) is 2. The van der Waals surface area contributed by atoms with Gasteiger partial charge in [-0.3, -0.25) is 9.10 Å². The van der Waals surface area contributed by atoms with E-state index in [2.05, 4.69) is 10.5 Å². The third kappa shape index (κ3) is 5.50. The monoisotopic (exact) mass is 467 g/mol. The molecule has 1 amide bonds. The number of hydrogen-bond acceptors (Lipinski definition) is 6. The van der Waals surface area contributed by atoms with E-state index in [9.17, 15) is 18.3 Å². The van der Waals surface area contributed by atoms with Crippen LogP contribution >= 0.6 is 0 Å². The second-order valence-corrected chi connectivity index (χ2v) is 9.11. The molecular formula is C24H25N3O5S. The molecule has 8 nitrogen and oxygen atoms in total. The van der Waals surface area contributed by atoms with E-state index in [4.69, 9.17) is 4.74 Å². The third-order valence-electron chi connectivity index (χ3n) is 4.86. The number of sulfonamides is 1. The van der Waals surface area contributed by atoms with E-state index in [0.717, 1.165) is 9.87 Å². The Kier molecular flexibility index (Phi) is 7.34. The SMILES string of the molecule is COc1ccc(C)cc1N(CC(=O)N/N=C(\C)c1ccccc1O)S(=O)(=O)c1ccccc1. The number of aromatic hydroxyl groups is 1. The van der Waals surface area contributed by atoms with Crippen molar-refractivity contribution >= 4 is 27.3 Å². The summed E-state index contributed by atoms with van der Waals surface area (Å²) in [7, 11) is -2.66. The zero-order valence-electron chi connectivity index (χ0n) is 18.5.